The summed E-state index contributed by atoms with van der Waals surface area (Å²) in [7, 11) is 0. The second-order valence-electron chi connectivity index (χ2n) is 4.83. The number of carbonyl (C=O) groups excluding carboxylic acids is 1. The molecule has 0 spiro atoms. The van der Waals surface area contributed by atoms with E-state index in [1.807, 2.05) is 17.5 Å². The summed E-state index contributed by atoms with van der Waals surface area (Å²) >= 11 is 1.55. The predicted octanol–water partition coefficient (Wildman–Crippen LogP) is 2.37. The van der Waals surface area contributed by atoms with Crippen LogP contribution in [-0.4, -0.2) is 36.1 Å². The molecule has 24 heavy (non-hydrogen) atoms. The zero-order valence-corrected chi connectivity index (χ0v) is 13.1. The average molecular weight is 337 g/mol. The Morgan fingerprint density at radius 3 is 2.79 bits per heavy atom. The summed E-state index contributed by atoms with van der Waals surface area (Å²) < 4.78 is 1.62. The molecule has 0 atom stereocenters. The molecule has 0 unspecified atom stereocenters. The lowest BCUT2D eigenvalue weighted by molar-refractivity contribution is 0.102. The molecule has 0 aliphatic carbocycles. The number of thiophene rings is 1. The predicted molar refractivity (Wildman–Crippen MR) is 89.0 cm³/mol. The van der Waals surface area contributed by atoms with E-state index in [1.165, 1.54) is 0 Å². The minimum Gasteiger partial charge on any atom is -0.289 e. The van der Waals surface area contributed by atoms with Crippen molar-refractivity contribution in [1.29, 1.82) is 0 Å². The molecule has 9 heteroatoms. The zero-order valence-electron chi connectivity index (χ0n) is 12.2. The van der Waals surface area contributed by atoms with Crippen LogP contribution in [0, 0.1) is 0 Å². The Labute approximate surface area is 140 Å². The topological polar surface area (TPSA) is 101 Å². The maximum atomic E-state index is 12.3. The quantitative estimate of drug-likeness (QED) is 0.595. The van der Waals surface area contributed by atoms with Crippen molar-refractivity contribution in [1.82, 2.24) is 30.2 Å². The summed E-state index contributed by atoms with van der Waals surface area (Å²) in [4.78, 5) is 17.5. The number of rotatable bonds is 4. The van der Waals surface area contributed by atoms with Gasteiger partial charge in [-0.1, -0.05) is 11.3 Å². The molecule has 1 amide bonds. The Morgan fingerprint density at radius 2 is 2.08 bits per heavy atom. The zero-order chi connectivity index (χ0) is 16.4. The number of aromatic nitrogens is 6. The monoisotopic (exact) mass is 337 g/mol. The van der Waals surface area contributed by atoms with E-state index in [-0.39, 0.29) is 11.9 Å². The third-order valence-electron chi connectivity index (χ3n) is 3.28. The van der Waals surface area contributed by atoms with Gasteiger partial charge in [0.2, 0.25) is 5.95 Å². The third kappa shape index (κ3) is 2.79. The summed E-state index contributed by atoms with van der Waals surface area (Å²) in [6.07, 6.45) is 3.32. The Balaban J connectivity index is 1.48. The van der Waals surface area contributed by atoms with E-state index < -0.39 is 0 Å². The fourth-order valence-corrected chi connectivity index (χ4v) is 2.79. The summed E-state index contributed by atoms with van der Waals surface area (Å²) in [5.41, 5.74) is 1.32. The number of hydrogen-bond acceptors (Lipinski definition) is 6. The standard InChI is InChI=1S/C15H11N7OS/c23-14(10-3-5-11(6-4-10)22-8-7-16-21-22)18-15-17-13(19-20-15)12-2-1-9-24-12/h1-9H,(H2,17,18,19,20,23). The lowest BCUT2D eigenvalue weighted by Crippen LogP contribution is -2.13. The van der Waals surface area contributed by atoms with Crippen molar-refractivity contribution in [2.75, 3.05) is 5.32 Å². The first kappa shape index (κ1) is 14.3. The van der Waals surface area contributed by atoms with E-state index in [9.17, 15) is 4.79 Å². The van der Waals surface area contributed by atoms with E-state index in [2.05, 4.69) is 30.8 Å². The summed E-state index contributed by atoms with van der Waals surface area (Å²) in [5.74, 6) is 0.586. The molecule has 118 valence electrons. The molecular formula is C15H11N7OS. The number of nitrogens with zero attached hydrogens (tertiary/aromatic N) is 5. The molecule has 1 aromatic carbocycles. The van der Waals surface area contributed by atoms with E-state index in [0.717, 1.165) is 10.6 Å². The van der Waals surface area contributed by atoms with Gasteiger partial charge < -0.3 is 0 Å². The largest absolute Gasteiger partial charge is 0.289 e. The Bertz CT molecular complexity index is 942. The van der Waals surface area contributed by atoms with Crippen LogP contribution in [-0.2, 0) is 0 Å². The van der Waals surface area contributed by atoms with Crippen LogP contribution in [0.2, 0.25) is 0 Å². The second kappa shape index (κ2) is 6.05. The molecule has 0 saturated heterocycles. The first-order valence-electron chi connectivity index (χ1n) is 7.04. The van der Waals surface area contributed by atoms with Gasteiger partial charge >= 0.3 is 0 Å². The molecule has 8 nitrogen and oxygen atoms in total. The summed E-state index contributed by atoms with van der Waals surface area (Å²) in [6.45, 7) is 0. The first-order chi connectivity index (χ1) is 11.8. The van der Waals surface area contributed by atoms with Crippen LogP contribution in [0.3, 0.4) is 0 Å². The average Bonchev–Trinajstić information content (AvgIpc) is 3.36. The molecule has 0 fully saturated rings. The van der Waals surface area contributed by atoms with Gasteiger partial charge in [-0.05, 0) is 35.7 Å². The maximum absolute atomic E-state index is 12.3. The summed E-state index contributed by atoms with van der Waals surface area (Å²) in [6, 6.07) is 10.9. The molecule has 0 radical (unpaired) electrons. The normalized spacial score (nSPS) is 10.7. The minimum absolute atomic E-state index is 0.240. The van der Waals surface area contributed by atoms with Gasteiger partial charge in [-0.2, -0.15) is 4.98 Å². The van der Waals surface area contributed by atoms with Crippen molar-refractivity contribution in [3.63, 3.8) is 0 Å². The molecule has 0 aliphatic heterocycles. The van der Waals surface area contributed by atoms with Crippen molar-refractivity contribution < 1.29 is 4.79 Å². The van der Waals surface area contributed by atoms with E-state index >= 15 is 0 Å². The van der Waals surface area contributed by atoms with Crippen molar-refractivity contribution in [3.05, 3.63) is 59.7 Å². The van der Waals surface area contributed by atoms with Crippen molar-refractivity contribution >= 4 is 23.2 Å². The molecule has 0 saturated carbocycles. The van der Waals surface area contributed by atoms with Gasteiger partial charge in [-0.3, -0.25) is 15.2 Å². The highest BCUT2D eigenvalue weighted by Gasteiger charge is 2.11. The molecule has 3 heterocycles. The van der Waals surface area contributed by atoms with E-state index in [0.29, 0.717) is 11.4 Å². The maximum Gasteiger partial charge on any atom is 0.258 e. The van der Waals surface area contributed by atoms with Crippen LogP contribution >= 0.6 is 11.3 Å². The molecule has 3 aromatic heterocycles. The van der Waals surface area contributed by atoms with Gasteiger partial charge in [-0.25, -0.2) is 4.68 Å². The Morgan fingerprint density at radius 1 is 1.21 bits per heavy atom. The third-order valence-corrected chi connectivity index (χ3v) is 4.16. The van der Waals surface area contributed by atoms with Gasteiger partial charge in [0.05, 0.1) is 23.0 Å². The molecule has 0 aliphatic rings. The number of benzene rings is 1. The Kier molecular flexibility index (Phi) is 3.60. The first-order valence-corrected chi connectivity index (χ1v) is 7.92. The van der Waals surface area contributed by atoms with Crippen LogP contribution in [0.25, 0.3) is 16.4 Å². The van der Waals surface area contributed by atoms with Crippen molar-refractivity contribution in [2.45, 2.75) is 0 Å². The number of anilines is 1. The number of amides is 1. The molecule has 0 bridgehead atoms. The fraction of sp³-hybridized carbons (Fsp3) is 0. The van der Waals surface area contributed by atoms with Crippen molar-refractivity contribution in [3.8, 4) is 16.4 Å². The van der Waals surface area contributed by atoms with Gasteiger partial charge in [0, 0.05) is 5.56 Å². The number of aromatic amines is 1. The highest BCUT2D eigenvalue weighted by Crippen LogP contribution is 2.21. The highest BCUT2D eigenvalue weighted by molar-refractivity contribution is 7.13. The molecular weight excluding hydrogens is 326 g/mol. The number of carbonyl (C=O) groups is 1. The molecule has 4 aromatic rings. The van der Waals surface area contributed by atoms with Crippen LogP contribution in [0.1, 0.15) is 10.4 Å². The number of hydrogen-bond donors (Lipinski definition) is 2. The van der Waals surface area contributed by atoms with E-state index in [4.69, 9.17) is 0 Å². The number of nitrogens with one attached hydrogen (secondary N) is 2. The smallest absolute Gasteiger partial charge is 0.258 e. The lowest BCUT2D eigenvalue weighted by Gasteiger charge is -2.03. The Hall–Kier alpha value is -3.33. The van der Waals surface area contributed by atoms with Gasteiger partial charge in [0.15, 0.2) is 5.82 Å². The van der Waals surface area contributed by atoms with Gasteiger partial charge in [-0.15, -0.1) is 21.5 Å². The molecule has 4 rings (SSSR count). The SMILES string of the molecule is O=C(Nc1n[nH]c(-c2cccs2)n1)c1ccc(-n2ccnn2)cc1. The van der Waals surface area contributed by atoms with Gasteiger partial charge in [0.25, 0.3) is 5.91 Å². The minimum atomic E-state index is -0.281. The highest BCUT2D eigenvalue weighted by atomic mass is 32.1. The fourth-order valence-electron chi connectivity index (χ4n) is 2.13. The number of H-pyrrole nitrogens is 1. The van der Waals surface area contributed by atoms with Gasteiger partial charge in [0.1, 0.15) is 0 Å². The van der Waals surface area contributed by atoms with Crippen LogP contribution in [0.15, 0.2) is 54.2 Å². The van der Waals surface area contributed by atoms with E-state index in [1.54, 1.807) is 52.7 Å². The van der Waals surface area contributed by atoms with Crippen molar-refractivity contribution in [2.24, 2.45) is 0 Å². The second-order valence-corrected chi connectivity index (χ2v) is 5.78. The van der Waals surface area contributed by atoms with Crippen LogP contribution < -0.4 is 5.32 Å². The molecule has 2 N–H and O–H groups in total. The lowest BCUT2D eigenvalue weighted by atomic mass is 10.2. The van der Waals surface area contributed by atoms with Crippen LogP contribution in [0.5, 0.6) is 0 Å². The van der Waals surface area contributed by atoms with Crippen LogP contribution in [0.4, 0.5) is 5.95 Å². The summed E-state index contributed by atoms with van der Waals surface area (Å²) in [5, 5.41) is 19.1.